The third-order valence-electron chi connectivity index (χ3n) is 4.41. The third-order valence-corrected chi connectivity index (χ3v) is 7.04. The van der Waals surface area contributed by atoms with Crippen LogP contribution < -0.4 is 4.90 Å². The molecule has 0 saturated carbocycles. The van der Waals surface area contributed by atoms with Crippen LogP contribution in [-0.2, 0) is 4.79 Å². The highest BCUT2D eigenvalue weighted by molar-refractivity contribution is 9.10. The lowest BCUT2D eigenvalue weighted by atomic mass is 10.3. The van der Waals surface area contributed by atoms with Crippen LogP contribution in [0.3, 0.4) is 0 Å². The molecule has 0 unspecified atom stereocenters. The molecule has 0 aliphatic heterocycles. The smallest absolute Gasteiger partial charge is 0.228 e. The SMILES string of the molecule is CN(C)CCCN(C(=O)CCCSc1ccccc1)c1nc2ccc(Br)cc2s1. The summed E-state index contributed by atoms with van der Waals surface area (Å²) in [6, 6.07) is 16.4. The Morgan fingerprint density at radius 3 is 2.66 bits per heavy atom. The van der Waals surface area contributed by atoms with Crippen LogP contribution in [0.4, 0.5) is 5.13 Å². The Bertz CT molecular complexity index is 930. The molecule has 154 valence electrons. The Morgan fingerprint density at radius 2 is 1.90 bits per heavy atom. The Kier molecular flexibility index (Phi) is 8.53. The van der Waals surface area contributed by atoms with Gasteiger partial charge in [-0.1, -0.05) is 45.5 Å². The second-order valence-corrected chi connectivity index (χ2v) is 10.2. The van der Waals surface area contributed by atoms with Crippen LogP contribution in [0.15, 0.2) is 57.9 Å². The van der Waals surface area contributed by atoms with E-state index < -0.39 is 0 Å². The van der Waals surface area contributed by atoms with E-state index in [0.717, 1.165) is 45.0 Å². The van der Waals surface area contributed by atoms with Gasteiger partial charge in [0.15, 0.2) is 5.13 Å². The van der Waals surface area contributed by atoms with Crippen molar-refractivity contribution in [1.29, 1.82) is 0 Å². The fourth-order valence-corrected chi connectivity index (χ4v) is 5.37. The van der Waals surface area contributed by atoms with Crippen molar-refractivity contribution in [3.8, 4) is 0 Å². The summed E-state index contributed by atoms with van der Waals surface area (Å²) in [5.41, 5.74) is 0.943. The van der Waals surface area contributed by atoms with E-state index >= 15 is 0 Å². The highest BCUT2D eigenvalue weighted by Gasteiger charge is 2.19. The van der Waals surface area contributed by atoms with Gasteiger partial charge < -0.3 is 4.90 Å². The Labute approximate surface area is 189 Å². The molecule has 0 spiro atoms. The van der Waals surface area contributed by atoms with Crippen LogP contribution in [-0.4, -0.2) is 48.7 Å². The summed E-state index contributed by atoms with van der Waals surface area (Å²) in [7, 11) is 4.12. The van der Waals surface area contributed by atoms with E-state index in [2.05, 4.69) is 53.1 Å². The topological polar surface area (TPSA) is 36.4 Å². The summed E-state index contributed by atoms with van der Waals surface area (Å²) in [4.78, 5) is 23.0. The molecule has 2 aromatic carbocycles. The van der Waals surface area contributed by atoms with E-state index in [1.54, 1.807) is 23.1 Å². The molecule has 0 bridgehead atoms. The third kappa shape index (κ3) is 6.81. The number of amides is 1. The number of thiazole rings is 1. The van der Waals surface area contributed by atoms with Crippen molar-refractivity contribution in [1.82, 2.24) is 9.88 Å². The summed E-state index contributed by atoms with van der Waals surface area (Å²) in [5, 5.41) is 0.803. The summed E-state index contributed by atoms with van der Waals surface area (Å²) in [5.74, 6) is 1.10. The van der Waals surface area contributed by atoms with Gasteiger partial charge in [-0.15, -0.1) is 11.8 Å². The van der Waals surface area contributed by atoms with Crippen molar-refractivity contribution in [3.63, 3.8) is 0 Å². The highest BCUT2D eigenvalue weighted by atomic mass is 79.9. The van der Waals surface area contributed by atoms with Gasteiger partial charge in [-0.3, -0.25) is 9.69 Å². The number of nitrogens with zero attached hydrogens (tertiary/aromatic N) is 3. The van der Waals surface area contributed by atoms with Crippen LogP contribution in [0, 0.1) is 0 Å². The molecule has 0 radical (unpaired) electrons. The Balaban J connectivity index is 1.64. The zero-order chi connectivity index (χ0) is 20.6. The number of benzene rings is 2. The Hall–Kier alpha value is -1.41. The quantitative estimate of drug-likeness (QED) is 0.260. The van der Waals surface area contributed by atoms with Gasteiger partial charge in [0.25, 0.3) is 0 Å². The van der Waals surface area contributed by atoms with Crippen molar-refractivity contribution in [2.75, 3.05) is 37.8 Å². The number of fused-ring (bicyclic) bond motifs is 1. The molecule has 3 rings (SSSR count). The molecule has 0 atom stereocenters. The highest BCUT2D eigenvalue weighted by Crippen LogP contribution is 2.31. The molecule has 0 N–H and O–H groups in total. The zero-order valence-electron chi connectivity index (χ0n) is 16.8. The molecule has 0 saturated heterocycles. The average molecular weight is 493 g/mol. The second kappa shape index (κ2) is 11.1. The molecular formula is C22H26BrN3OS2. The Morgan fingerprint density at radius 1 is 1.10 bits per heavy atom. The maximum atomic E-state index is 13.0. The van der Waals surface area contributed by atoms with Crippen LogP contribution in [0.1, 0.15) is 19.3 Å². The number of hydrogen-bond acceptors (Lipinski definition) is 5. The number of carbonyl (C=O) groups excluding carboxylic acids is 1. The first-order valence-electron chi connectivity index (χ1n) is 9.72. The first-order chi connectivity index (χ1) is 14.0. The molecule has 7 heteroatoms. The lowest BCUT2D eigenvalue weighted by Crippen LogP contribution is -2.33. The summed E-state index contributed by atoms with van der Waals surface area (Å²) >= 11 is 6.91. The van der Waals surface area contributed by atoms with Crippen LogP contribution in [0.5, 0.6) is 0 Å². The van der Waals surface area contributed by atoms with Gasteiger partial charge in [0, 0.05) is 22.3 Å². The van der Waals surface area contributed by atoms with E-state index in [0.29, 0.717) is 13.0 Å². The average Bonchev–Trinajstić information content (AvgIpc) is 3.11. The van der Waals surface area contributed by atoms with E-state index in [9.17, 15) is 4.79 Å². The first-order valence-corrected chi connectivity index (χ1v) is 12.3. The number of thioether (sulfide) groups is 1. The predicted octanol–water partition coefficient (Wildman–Crippen LogP) is 5.92. The van der Waals surface area contributed by atoms with Crippen molar-refractivity contribution < 1.29 is 4.79 Å². The van der Waals surface area contributed by atoms with Crippen molar-refractivity contribution >= 4 is 60.3 Å². The number of hydrogen-bond donors (Lipinski definition) is 0. The van der Waals surface area contributed by atoms with Crippen molar-refractivity contribution in [3.05, 3.63) is 53.0 Å². The molecule has 4 nitrogen and oxygen atoms in total. The van der Waals surface area contributed by atoms with E-state index in [4.69, 9.17) is 4.98 Å². The minimum Gasteiger partial charge on any atom is -0.309 e. The second-order valence-electron chi connectivity index (χ2n) is 7.08. The lowest BCUT2D eigenvalue weighted by molar-refractivity contribution is -0.118. The standard InChI is InChI=1S/C22H26BrN3OS2/c1-25(2)13-7-14-26(22-24-19-12-11-17(23)16-20(19)29-22)21(27)10-6-15-28-18-8-4-3-5-9-18/h3-5,8-9,11-12,16H,6-7,10,13-15H2,1-2H3. The van der Waals surface area contributed by atoms with Gasteiger partial charge in [-0.2, -0.15) is 0 Å². The monoisotopic (exact) mass is 491 g/mol. The molecule has 1 amide bonds. The fraction of sp³-hybridized carbons (Fsp3) is 0.364. The van der Waals surface area contributed by atoms with E-state index in [-0.39, 0.29) is 5.91 Å². The van der Waals surface area contributed by atoms with Crippen molar-refractivity contribution in [2.24, 2.45) is 0 Å². The molecular weight excluding hydrogens is 466 g/mol. The molecule has 1 aromatic heterocycles. The number of aromatic nitrogens is 1. The van der Waals surface area contributed by atoms with Crippen LogP contribution >= 0.6 is 39.0 Å². The van der Waals surface area contributed by atoms with Gasteiger partial charge in [0.05, 0.1) is 10.2 Å². The number of rotatable bonds is 10. The summed E-state index contributed by atoms with van der Waals surface area (Å²) < 4.78 is 2.13. The fourth-order valence-electron chi connectivity index (χ4n) is 2.94. The van der Waals surface area contributed by atoms with Gasteiger partial charge >= 0.3 is 0 Å². The molecule has 3 aromatic rings. The molecule has 1 heterocycles. The minimum absolute atomic E-state index is 0.163. The summed E-state index contributed by atoms with van der Waals surface area (Å²) in [6.45, 7) is 1.65. The predicted molar refractivity (Wildman–Crippen MR) is 129 cm³/mol. The molecule has 29 heavy (non-hydrogen) atoms. The van der Waals surface area contributed by atoms with Gasteiger partial charge in [0.2, 0.25) is 5.91 Å². The number of halogens is 1. The van der Waals surface area contributed by atoms with Crippen LogP contribution in [0.2, 0.25) is 0 Å². The normalized spacial score (nSPS) is 11.3. The van der Waals surface area contributed by atoms with Gasteiger partial charge in [0.1, 0.15) is 0 Å². The van der Waals surface area contributed by atoms with Crippen molar-refractivity contribution in [2.45, 2.75) is 24.2 Å². The molecule has 0 fully saturated rings. The number of anilines is 1. The van der Waals surface area contributed by atoms with Crippen LogP contribution in [0.25, 0.3) is 10.2 Å². The lowest BCUT2D eigenvalue weighted by Gasteiger charge is -2.21. The minimum atomic E-state index is 0.163. The summed E-state index contributed by atoms with van der Waals surface area (Å²) in [6.07, 6.45) is 2.33. The van der Waals surface area contributed by atoms with E-state index in [1.807, 2.05) is 35.2 Å². The molecule has 0 aliphatic rings. The zero-order valence-corrected chi connectivity index (χ0v) is 20.0. The molecule has 0 aliphatic carbocycles. The maximum absolute atomic E-state index is 13.0. The van der Waals surface area contributed by atoms with Gasteiger partial charge in [-0.25, -0.2) is 4.98 Å². The number of carbonyl (C=O) groups is 1. The largest absolute Gasteiger partial charge is 0.309 e. The maximum Gasteiger partial charge on any atom is 0.228 e. The van der Waals surface area contributed by atoms with E-state index in [1.165, 1.54) is 4.90 Å². The van der Waals surface area contributed by atoms with Gasteiger partial charge in [-0.05, 0) is 69.6 Å². The first kappa shape index (κ1) is 22.3.